The molecule has 0 spiro atoms. The standard InChI is InChI=1S/C8H6N4/c9-3-1-2-7-8(6-10)12-5-4-11-7/h4-5H,3,9H2. The molecule has 0 aliphatic heterocycles. The molecule has 0 radical (unpaired) electrons. The van der Waals surface area contributed by atoms with Crippen molar-refractivity contribution >= 4 is 0 Å². The fraction of sp³-hybridized carbons (Fsp3) is 0.125. The maximum atomic E-state index is 8.57. The molecule has 0 amide bonds. The van der Waals surface area contributed by atoms with Gasteiger partial charge in [-0.05, 0) is 5.92 Å². The smallest absolute Gasteiger partial charge is 0.174 e. The van der Waals surface area contributed by atoms with Crippen LogP contribution in [-0.4, -0.2) is 16.5 Å². The van der Waals surface area contributed by atoms with Crippen LogP contribution in [0.15, 0.2) is 12.4 Å². The average molecular weight is 158 g/mol. The first-order valence-electron chi connectivity index (χ1n) is 3.28. The summed E-state index contributed by atoms with van der Waals surface area (Å²) in [4.78, 5) is 7.66. The minimum Gasteiger partial charge on any atom is -0.320 e. The average Bonchev–Trinajstić information content (AvgIpc) is 2.15. The topological polar surface area (TPSA) is 75.6 Å². The molecule has 4 heteroatoms. The third-order valence-corrected chi connectivity index (χ3v) is 1.11. The molecule has 0 fully saturated rings. The molecule has 0 saturated heterocycles. The molecule has 0 aliphatic rings. The van der Waals surface area contributed by atoms with Crippen LogP contribution in [0, 0.1) is 23.2 Å². The van der Waals surface area contributed by atoms with E-state index < -0.39 is 0 Å². The van der Waals surface area contributed by atoms with E-state index in [2.05, 4.69) is 21.8 Å². The molecule has 58 valence electrons. The number of nitrogens with two attached hydrogens (primary N) is 1. The van der Waals surface area contributed by atoms with Crippen molar-refractivity contribution in [1.82, 2.24) is 9.97 Å². The summed E-state index contributed by atoms with van der Waals surface area (Å²) in [5.41, 5.74) is 5.78. The summed E-state index contributed by atoms with van der Waals surface area (Å²) in [5.74, 6) is 5.26. The van der Waals surface area contributed by atoms with Gasteiger partial charge in [-0.15, -0.1) is 0 Å². The van der Waals surface area contributed by atoms with E-state index in [1.807, 2.05) is 6.07 Å². The number of nitrogens with zero attached hydrogens (tertiary/aromatic N) is 3. The molecule has 0 bridgehead atoms. The zero-order chi connectivity index (χ0) is 8.81. The summed E-state index contributed by atoms with van der Waals surface area (Å²) in [6.45, 7) is 0.251. The Morgan fingerprint density at radius 2 is 2.00 bits per heavy atom. The Bertz CT molecular complexity index is 367. The van der Waals surface area contributed by atoms with E-state index in [1.54, 1.807) is 0 Å². The maximum absolute atomic E-state index is 8.57. The van der Waals surface area contributed by atoms with Crippen molar-refractivity contribution in [1.29, 1.82) is 5.26 Å². The first-order valence-corrected chi connectivity index (χ1v) is 3.28. The fourth-order valence-corrected chi connectivity index (χ4v) is 0.646. The monoisotopic (exact) mass is 158 g/mol. The lowest BCUT2D eigenvalue weighted by molar-refractivity contribution is 1.14. The van der Waals surface area contributed by atoms with Gasteiger partial charge in [0.15, 0.2) is 5.69 Å². The predicted octanol–water partition coefficient (Wildman–Crippen LogP) is -0.342. The van der Waals surface area contributed by atoms with Gasteiger partial charge in [0.25, 0.3) is 0 Å². The number of nitriles is 1. The lowest BCUT2D eigenvalue weighted by Gasteiger charge is -1.89. The predicted molar refractivity (Wildman–Crippen MR) is 42.7 cm³/mol. The summed E-state index contributed by atoms with van der Waals surface area (Å²) >= 11 is 0. The summed E-state index contributed by atoms with van der Waals surface area (Å²) < 4.78 is 0. The molecule has 0 aliphatic carbocycles. The van der Waals surface area contributed by atoms with Crippen LogP contribution in [0.5, 0.6) is 0 Å². The molecule has 1 rings (SSSR count). The van der Waals surface area contributed by atoms with E-state index in [0.29, 0.717) is 5.69 Å². The second kappa shape index (κ2) is 4.07. The van der Waals surface area contributed by atoms with Gasteiger partial charge in [0.05, 0.1) is 6.54 Å². The quantitative estimate of drug-likeness (QED) is 0.524. The van der Waals surface area contributed by atoms with E-state index in [1.165, 1.54) is 12.4 Å². The lowest BCUT2D eigenvalue weighted by atomic mass is 10.3. The molecule has 0 unspecified atom stereocenters. The van der Waals surface area contributed by atoms with Gasteiger partial charge in [-0.2, -0.15) is 5.26 Å². The molecule has 1 aromatic rings. The van der Waals surface area contributed by atoms with Crippen LogP contribution in [0.3, 0.4) is 0 Å². The highest BCUT2D eigenvalue weighted by Gasteiger charge is 1.98. The van der Waals surface area contributed by atoms with Crippen LogP contribution in [0.25, 0.3) is 0 Å². The number of aromatic nitrogens is 2. The van der Waals surface area contributed by atoms with Gasteiger partial charge < -0.3 is 5.73 Å². The summed E-state index contributed by atoms with van der Waals surface area (Å²) in [6, 6.07) is 1.89. The molecular weight excluding hydrogens is 152 g/mol. The zero-order valence-electron chi connectivity index (χ0n) is 6.28. The van der Waals surface area contributed by atoms with Gasteiger partial charge >= 0.3 is 0 Å². The van der Waals surface area contributed by atoms with E-state index in [4.69, 9.17) is 11.0 Å². The SMILES string of the molecule is N#Cc1nccnc1C#CCN. The summed E-state index contributed by atoms with van der Waals surface area (Å²) in [7, 11) is 0. The number of rotatable bonds is 0. The van der Waals surface area contributed by atoms with E-state index in [-0.39, 0.29) is 12.2 Å². The molecule has 1 aromatic heterocycles. The molecule has 0 aromatic carbocycles. The van der Waals surface area contributed by atoms with Crippen molar-refractivity contribution in [2.24, 2.45) is 5.73 Å². The Morgan fingerprint density at radius 1 is 1.33 bits per heavy atom. The fourth-order valence-electron chi connectivity index (χ4n) is 0.646. The Hall–Kier alpha value is -1.91. The minimum atomic E-state index is 0.235. The maximum Gasteiger partial charge on any atom is 0.174 e. The highest BCUT2D eigenvalue weighted by Crippen LogP contribution is 1.95. The van der Waals surface area contributed by atoms with Crippen LogP contribution < -0.4 is 5.73 Å². The third kappa shape index (κ3) is 1.79. The van der Waals surface area contributed by atoms with Crippen molar-refractivity contribution in [2.45, 2.75) is 0 Å². The molecular formula is C8H6N4. The van der Waals surface area contributed by atoms with E-state index in [9.17, 15) is 0 Å². The highest BCUT2D eigenvalue weighted by atomic mass is 14.8. The van der Waals surface area contributed by atoms with Crippen LogP contribution in [-0.2, 0) is 0 Å². The third-order valence-electron chi connectivity index (χ3n) is 1.11. The molecule has 4 nitrogen and oxygen atoms in total. The van der Waals surface area contributed by atoms with Crippen LogP contribution in [0.4, 0.5) is 0 Å². The minimum absolute atomic E-state index is 0.235. The molecule has 12 heavy (non-hydrogen) atoms. The molecule has 2 N–H and O–H groups in total. The van der Waals surface area contributed by atoms with Gasteiger partial charge in [0.1, 0.15) is 11.8 Å². The van der Waals surface area contributed by atoms with Crippen LogP contribution in [0.2, 0.25) is 0 Å². The van der Waals surface area contributed by atoms with Crippen molar-refractivity contribution in [3.63, 3.8) is 0 Å². The van der Waals surface area contributed by atoms with Gasteiger partial charge in [-0.25, -0.2) is 9.97 Å². The van der Waals surface area contributed by atoms with Crippen LogP contribution in [0.1, 0.15) is 11.4 Å². The Balaban J connectivity index is 3.07. The summed E-state index contributed by atoms with van der Waals surface area (Å²) in [6.07, 6.45) is 2.94. The molecule has 0 saturated carbocycles. The first-order chi connectivity index (χ1) is 5.88. The van der Waals surface area contributed by atoms with Crippen molar-refractivity contribution in [2.75, 3.05) is 6.54 Å². The van der Waals surface area contributed by atoms with Crippen molar-refractivity contribution < 1.29 is 0 Å². The van der Waals surface area contributed by atoms with E-state index in [0.717, 1.165) is 0 Å². The first kappa shape index (κ1) is 8.19. The van der Waals surface area contributed by atoms with Gasteiger partial charge in [-0.3, -0.25) is 0 Å². The second-order valence-electron chi connectivity index (χ2n) is 1.87. The van der Waals surface area contributed by atoms with Crippen molar-refractivity contribution in [3.8, 4) is 17.9 Å². The molecule has 0 atom stereocenters. The Kier molecular flexibility index (Phi) is 2.78. The Labute approximate surface area is 70.1 Å². The lowest BCUT2D eigenvalue weighted by Crippen LogP contribution is -1.95. The van der Waals surface area contributed by atoms with Gasteiger partial charge in [-0.1, -0.05) is 5.92 Å². The normalized spacial score (nSPS) is 8.00. The largest absolute Gasteiger partial charge is 0.320 e. The Morgan fingerprint density at radius 3 is 2.58 bits per heavy atom. The number of hydrogen-bond acceptors (Lipinski definition) is 4. The van der Waals surface area contributed by atoms with Crippen LogP contribution >= 0.6 is 0 Å². The summed E-state index contributed by atoms with van der Waals surface area (Å²) in [5, 5.41) is 8.57. The zero-order valence-corrected chi connectivity index (χ0v) is 6.28. The molecule has 1 heterocycles. The van der Waals surface area contributed by atoms with E-state index >= 15 is 0 Å². The number of hydrogen-bond donors (Lipinski definition) is 1. The van der Waals surface area contributed by atoms with Crippen molar-refractivity contribution in [3.05, 3.63) is 23.8 Å². The van der Waals surface area contributed by atoms with Gasteiger partial charge in [0.2, 0.25) is 0 Å². The second-order valence-corrected chi connectivity index (χ2v) is 1.87. The highest BCUT2D eigenvalue weighted by molar-refractivity contribution is 5.38. The van der Waals surface area contributed by atoms with Gasteiger partial charge in [0, 0.05) is 12.4 Å².